The first-order valence-corrected chi connectivity index (χ1v) is 11.3. The van der Waals surface area contributed by atoms with Gasteiger partial charge in [0.2, 0.25) is 5.91 Å². The monoisotopic (exact) mass is 501 g/mol. The van der Waals surface area contributed by atoms with Crippen LogP contribution in [0.15, 0.2) is 66.7 Å². The summed E-state index contributed by atoms with van der Waals surface area (Å²) in [5.74, 6) is -0.808. The van der Waals surface area contributed by atoms with Gasteiger partial charge in [0.15, 0.2) is 10.8 Å². The first-order chi connectivity index (χ1) is 15.8. The maximum absolute atomic E-state index is 13.7. The number of carbonyl (C=O) groups is 1. The van der Waals surface area contributed by atoms with Crippen LogP contribution >= 0.6 is 35.4 Å². The third kappa shape index (κ3) is 3.80. The molecule has 3 aromatic rings. The highest BCUT2D eigenvalue weighted by atomic mass is 35.5. The summed E-state index contributed by atoms with van der Waals surface area (Å²) in [7, 11) is 0. The number of nitrogens with zero attached hydrogens (tertiary/aromatic N) is 1. The zero-order valence-corrected chi connectivity index (χ0v) is 19.6. The highest BCUT2D eigenvalue weighted by molar-refractivity contribution is 7.80. The van der Waals surface area contributed by atoms with Crippen molar-refractivity contribution in [2.45, 2.75) is 18.7 Å². The Morgan fingerprint density at radius 2 is 1.76 bits per heavy atom. The van der Waals surface area contributed by atoms with Gasteiger partial charge in [0.1, 0.15) is 17.5 Å². The fraction of sp³-hybridized carbons (Fsp3) is 0.167. The molecular formula is C24H18Cl2FN3O2S. The second-order valence-electron chi connectivity index (χ2n) is 8.05. The maximum atomic E-state index is 13.7. The van der Waals surface area contributed by atoms with E-state index < -0.39 is 17.7 Å². The van der Waals surface area contributed by atoms with Crippen molar-refractivity contribution in [1.82, 2.24) is 5.32 Å². The third-order valence-electron chi connectivity index (χ3n) is 5.94. The number of anilines is 2. The Morgan fingerprint density at radius 3 is 2.45 bits per heavy atom. The standard InChI is InChI=1S/C24H18Cl2FN3O2S/c1-24-20(22(31)28-16-7-2-13(25)3-8-16)21(18-12-14(26)4-11-19(18)32-24)29-23(33)30(24)17-9-5-15(27)6-10-17/h2-12,20-21H,1H3,(H,28,31)(H,29,33)/t20-,21+,24+/m0/s1. The SMILES string of the molecule is C[C@]12Oc3ccc(Cl)cc3[C@@H](NC(=S)N1c1ccc(F)cc1)[C@H]2C(=O)Nc1ccc(Cl)cc1. The number of amides is 1. The van der Waals surface area contributed by atoms with Gasteiger partial charge in [-0.2, -0.15) is 0 Å². The summed E-state index contributed by atoms with van der Waals surface area (Å²) in [6, 6.07) is 17.5. The molecule has 0 aliphatic carbocycles. The van der Waals surface area contributed by atoms with E-state index in [1.165, 1.54) is 12.1 Å². The third-order valence-corrected chi connectivity index (χ3v) is 6.73. The fourth-order valence-corrected chi connectivity index (χ4v) is 5.21. The molecule has 0 radical (unpaired) electrons. The molecule has 3 atom stereocenters. The molecule has 5 nitrogen and oxygen atoms in total. The largest absolute Gasteiger partial charge is 0.467 e. The molecule has 1 saturated heterocycles. The van der Waals surface area contributed by atoms with Crippen molar-refractivity contribution in [2.24, 2.45) is 5.92 Å². The van der Waals surface area contributed by atoms with Gasteiger partial charge in [-0.1, -0.05) is 23.2 Å². The van der Waals surface area contributed by atoms with Crippen LogP contribution in [-0.4, -0.2) is 16.7 Å². The first kappa shape index (κ1) is 21.9. The summed E-state index contributed by atoms with van der Waals surface area (Å²) in [6.45, 7) is 1.81. The number of carbonyl (C=O) groups excluding carboxylic acids is 1. The molecule has 2 N–H and O–H groups in total. The minimum Gasteiger partial charge on any atom is -0.467 e. The highest BCUT2D eigenvalue weighted by Gasteiger charge is 2.59. The van der Waals surface area contributed by atoms with Crippen LogP contribution in [-0.2, 0) is 4.79 Å². The van der Waals surface area contributed by atoms with Crippen LogP contribution in [0.5, 0.6) is 5.75 Å². The molecule has 5 rings (SSSR count). The lowest BCUT2D eigenvalue weighted by Crippen LogP contribution is -2.72. The van der Waals surface area contributed by atoms with E-state index in [2.05, 4.69) is 10.6 Å². The molecular weight excluding hydrogens is 484 g/mol. The lowest BCUT2D eigenvalue weighted by atomic mass is 9.78. The Morgan fingerprint density at radius 1 is 1.09 bits per heavy atom. The van der Waals surface area contributed by atoms with E-state index in [1.807, 2.05) is 0 Å². The fourth-order valence-electron chi connectivity index (χ4n) is 4.49. The van der Waals surface area contributed by atoms with Gasteiger partial charge < -0.3 is 15.4 Å². The molecule has 1 amide bonds. The van der Waals surface area contributed by atoms with Gasteiger partial charge in [0.05, 0.1) is 6.04 Å². The molecule has 2 heterocycles. The summed E-state index contributed by atoms with van der Waals surface area (Å²) in [5, 5.41) is 7.68. The lowest BCUT2D eigenvalue weighted by Gasteiger charge is -2.56. The summed E-state index contributed by atoms with van der Waals surface area (Å²) in [6.07, 6.45) is 0. The van der Waals surface area contributed by atoms with E-state index in [0.29, 0.717) is 32.3 Å². The molecule has 168 valence electrons. The van der Waals surface area contributed by atoms with Crippen molar-refractivity contribution >= 4 is 57.8 Å². The van der Waals surface area contributed by atoms with Crippen molar-refractivity contribution in [2.75, 3.05) is 10.2 Å². The van der Waals surface area contributed by atoms with Gasteiger partial charge in [-0.25, -0.2) is 4.39 Å². The molecule has 1 fully saturated rings. The molecule has 2 aliphatic rings. The lowest BCUT2D eigenvalue weighted by molar-refractivity contribution is -0.130. The van der Waals surface area contributed by atoms with Crippen LogP contribution < -0.4 is 20.3 Å². The number of nitrogens with one attached hydrogen (secondary N) is 2. The zero-order chi connectivity index (χ0) is 23.3. The number of ether oxygens (including phenoxy) is 1. The van der Waals surface area contributed by atoms with Gasteiger partial charge in [-0.05, 0) is 85.9 Å². The van der Waals surface area contributed by atoms with Crippen LogP contribution in [0.2, 0.25) is 10.0 Å². The van der Waals surface area contributed by atoms with Crippen molar-refractivity contribution in [3.8, 4) is 5.75 Å². The molecule has 3 aromatic carbocycles. The van der Waals surface area contributed by atoms with Crippen LogP contribution in [0, 0.1) is 11.7 Å². The smallest absolute Gasteiger partial charge is 0.236 e. The van der Waals surface area contributed by atoms with Gasteiger partial charge >= 0.3 is 0 Å². The molecule has 0 spiro atoms. The molecule has 0 aromatic heterocycles. The zero-order valence-electron chi connectivity index (χ0n) is 17.3. The van der Waals surface area contributed by atoms with Gasteiger partial charge in [0, 0.05) is 27.0 Å². The minimum atomic E-state index is -1.21. The summed E-state index contributed by atoms with van der Waals surface area (Å²) < 4.78 is 20.1. The number of fused-ring (bicyclic) bond motifs is 4. The highest BCUT2D eigenvalue weighted by Crippen LogP contribution is 2.50. The van der Waals surface area contributed by atoms with Crippen LogP contribution in [0.4, 0.5) is 15.8 Å². The Balaban J connectivity index is 1.62. The quantitative estimate of drug-likeness (QED) is 0.435. The molecule has 9 heteroatoms. The van der Waals surface area contributed by atoms with E-state index in [1.54, 1.807) is 66.4 Å². The topological polar surface area (TPSA) is 53.6 Å². The van der Waals surface area contributed by atoms with E-state index in [-0.39, 0.29) is 11.7 Å². The second-order valence-corrected chi connectivity index (χ2v) is 9.31. The summed E-state index contributed by atoms with van der Waals surface area (Å²) in [4.78, 5) is 15.4. The average molecular weight is 502 g/mol. The van der Waals surface area contributed by atoms with Crippen LogP contribution in [0.3, 0.4) is 0 Å². The van der Waals surface area contributed by atoms with E-state index in [0.717, 1.165) is 5.56 Å². The normalized spacial score (nSPS) is 23.3. The second kappa shape index (κ2) is 8.17. The predicted molar refractivity (Wildman–Crippen MR) is 131 cm³/mol. The van der Waals surface area contributed by atoms with Crippen molar-refractivity contribution < 1.29 is 13.9 Å². The minimum absolute atomic E-state index is 0.280. The molecule has 33 heavy (non-hydrogen) atoms. The number of benzene rings is 3. The molecule has 2 aliphatic heterocycles. The van der Waals surface area contributed by atoms with Crippen LogP contribution in [0.1, 0.15) is 18.5 Å². The number of halogens is 3. The number of hydrogen-bond acceptors (Lipinski definition) is 3. The van der Waals surface area contributed by atoms with Crippen molar-refractivity contribution in [1.29, 1.82) is 0 Å². The molecule has 0 saturated carbocycles. The predicted octanol–water partition coefficient (Wildman–Crippen LogP) is 5.93. The van der Waals surface area contributed by atoms with Crippen molar-refractivity contribution in [3.05, 3.63) is 88.2 Å². The average Bonchev–Trinajstić information content (AvgIpc) is 2.77. The Hall–Kier alpha value is -2.87. The Bertz CT molecular complexity index is 1260. The van der Waals surface area contributed by atoms with Gasteiger partial charge in [-0.15, -0.1) is 0 Å². The summed E-state index contributed by atoms with van der Waals surface area (Å²) >= 11 is 17.9. The van der Waals surface area contributed by atoms with E-state index >= 15 is 0 Å². The van der Waals surface area contributed by atoms with Crippen LogP contribution in [0.25, 0.3) is 0 Å². The Labute approximate surface area is 205 Å². The number of thiocarbonyl (C=S) groups is 1. The summed E-state index contributed by atoms with van der Waals surface area (Å²) in [5.41, 5.74) is 0.718. The molecule has 0 unspecified atom stereocenters. The van der Waals surface area contributed by atoms with E-state index in [4.69, 9.17) is 40.2 Å². The first-order valence-electron chi connectivity index (χ1n) is 10.2. The van der Waals surface area contributed by atoms with Crippen molar-refractivity contribution in [3.63, 3.8) is 0 Å². The molecule has 2 bridgehead atoms. The number of hydrogen-bond donors (Lipinski definition) is 2. The van der Waals surface area contributed by atoms with E-state index in [9.17, 15) is 9.18 Å². The van der Waals surface area contributed by atoms with Gasteiger partial charge in [-0.3, -0.25) is 9.69 Å². The van der Waals surface area contributed by atoms with Gasteiger partial charge in [0.25, 0.3) is 0 Å². The Kier molecular flexibility index (Phi) is 5.43. The maximum Gasteiger partial charge on any atom is 0.236 e. The number of rotatable bonds is 3.